The molecule has 9 heteroatoms. The molecule has 0 saturated heterocycles. The minimum Gasteiger partial charge on any atom is -0.493 e. The summed E-state index contributed by atoms with van der Waals surface area (Å²) in [6.07, 6.45) is 4.20. The summed E-state index contributed by atoms with van der Waals surface area (Å²) in [7, 11) is 3.23. The van der Waals surface area contributed by atoms with Crippen LogP contribution in [0.3, 0.4) is 0 Å². The van der Waals surface area contributed by atoms with Crippen molar-refractivity contribution in [2.45, 2.75) is 44.2 Å². The van der Waals surface area contributed by atoms with Gasteiger partial charge in [-0.1, -0.05) is 110 Å². The van der Waals surface area contributed by atoms with E-state index in [2.05, 4.69) is 54.0 Å². The molecule has 1 aliphatic rings. The minimum atomic E-state index is -0.939. The van der Waals surface area contributed by atoms with Gasteiger partial charge in [-0.2, -0.15) is 0 Å². The summed E-state index contributed by atoms with van der Waals surface area (Å²) in [6.45, 7) is 2.27. The van der Waals surface area contributed by atoms with Crippen LogP contribution in [0, 0.1) is 5.92 Å². The van der Waals surface area contributed by atoms with Gasteiger partial charge in [0.15, 0.2) is 17.0 Å². The molecule has 1 aromatic heterocycles. The van der Waals surface area contributed by atoms with Crippen LogP contribution in [0.2, 0.25) is 0 Å². The number of anilines is 1. The van der Waals surface area contributed by atoms with E-state index < -0.39 is 5.54 Å². The number of methoxy groups -OCH3 is 2. The summed E-state index contributed by atoms with van der Waals surface area (Å²) >= 11 is 0. The number of urea groups is 1. The van der Waals surface area contributed by atoms with Crippen molar-refractivity contribution >= 4 is 11.7 Å². The summed E-state index contributed by atoms with van der Waals surface area (Å²) < 4.78 is 11.2. The lowest BCUT2D eigenvalue weighted by Crippen LogP contribution is -2.39. The molecule has 51 heavy (non-hydrogen) atoms. The molecule has 6 aromatic rings. The van der Waals surface area contributed by atoms with Crippen molar-refractivity contribution in [3.05, 3.63) is 144 Å². The molecule has 258 valence electrons. The molecular weight excluding hydrogens is 637 g/mol. The van der Waals surface area contributed by atoms with Crippen molar-refractivity contribution in [2.75, 3.05) is 19.5 Å². The Hall–Kier alpha value is -5.96. The first-order chi connectivity index (χ1) is 25.0. The summed E-state index contributed by atoms with van der Waals surface area (Å²) in [5.41, 5.74) is 5.03. The first kappa shape index (κ1) is 33.5. The Labute approximate surface area is 298 Å². The van der Waals surface area contributed by atoms with Gasteiger partial charge < -0.3 is 20.1 Å². The fraction of sp³-hybridized carbons (Fsp3) is 0.238. The largest absolute Gasteiger partial charge is 0.493 e. The zero-order chi connectivity index (χ0) is 35.2. The van der Waals surface area contributed by atoms with E-state index in [1.54, 1.807) is 19.0 Å². The Morgan fingerprint density at radius 2 is 1.29 bits per heavy atom. The van der Waals surface area contributed by atoms with Gasteiger partial charge in [0, 0.05) is 17.3 Å². The SMILES string of the molecule is COc1ccc(-c2ccc(NC(=O)NC3CCC(C)CC3)cc2-c2nnn(C(c3ccccc3)(c3ccccc3)c3ccccc3)n2)cc1OC. The van der Waals surface area contributed by atoms with Crippen molar-refractivity contribution in [3.63, 3.8) is 0 Å². The van der Waals surface area contributed by atoms with Gasteiger partial charge in [0.2, 0.25) is 5.82 Å². The lowest BCUT2D eigenvalue weighted by atomic mass is 9.77. The van der Waals surface area contributed by atoms with Gasteiger partial charge in [-0.05, 0) is 88.9 Å². The number of tetrazole rings is 1. The maximum Gasteiger partial charge on any atom is 0.319 e. The van der Waals surface area contributed by atoms with Gasteiger partial charge in [0.1, 0.15) is 0 Å². The van der Waals surface area contributed by atoms with Crippen molar-refractivity contribution in [3.8, 4) is 34.0 Å². The number of benzene rings is 5. The number of rotatable bonds is 10. The van der Waals surface area contributed by atoms with Crippen LogP contribution in [0.15, 0.2) is 127 Å². The minimum absolute atomic E-state index is 0.162. The third-order valence-electron chi connectivity index (χ3n) is 9.85. The van der Waals surface area contributed by atoms with Crippen LogP contribution in [0.1, 0.15) is 49.3 Å². The van der Waals surface area contributed by atoms with Gasteiger partial charge >= 0.3 is 6.03 Å². The molecule has 9 nitrogen and oxygen atoms in total. The molecule has 0 radical (unpaired) electrons. The summed E-state index contributed by atoms with van der Waals surface area (Å²) in [5.74, 6) is 2.31. The molecule has 0 atom stereocenters. The molecule has 1 heterocycles. The van der Waals surface area contributed by atoms with E-state index >= 15 is 0 Å². The highest BCUT2D eigenvalue weighted by atomic mass is 16.5. The Morgan fingerprint density at radius 3 is 1.86 bits per heavy atom. The van der Waals surface area contributed by atoms with Crippen LogP contribution in [-0.2, 0) is 5.54 Å². The molecule has 1 saturated carbocycles. The van der Waals surface area contributed by atoms with E-state index in [1.165, 1.54) is 0 Å². The molecule has 5 aromatic carbocycles. The Morgan fingerprint density at radius 1 is 0.706 bits per heavy atom. The van der Waals surface area contributed by atoms with Crippen LogP contribution < -0.4 is 20.1 Å². The van der Waals surface area contributed by atoms with Crippen LogP contribution in [0.25, 0.3) is 22.5 Å². The normalized spacial score (nSPS) is 15.9. The fourth-order valence-corrected chi connectivity index (χ4v) is 7.17. The quantitative estimate of drug-likeness (QED) is 0.141. The van der Waals surface area contributed by atoms with Crippen molar-refractivity contribution in [2.24, 2.45) is 5.92 Å². The van der Waals surface area contributed by atoms with E-state index in [9.17, 15) is 4.79 Å². The Balaban J connectivity index is 1.36. The third kappa shape index (κ3) is 6.79. The second-order valence-corrected chi connectivity index (χ2v) is 13.1. The number of nitrogens with zero attached hydrogens (tertiary/aromatic N) is 4. The van der Waals surface area contributed by atoms with Gasteiger partial charge in [-0.25, -0.2) is 4.79 Å². The second kappa shape index (κ2) is 14.9. The number of amides is 2. The van der Waals surface area contributed by atoms with E-state index in [1.807, 2.05) is 91.0 Å². The topological polar surface area (TPSA) is 103 Å². The van der Waals surface area contributed by atoms with Crippen LogP contribution in [0.4, 0.5) is 10.5 Å². The average molecular weight is 679 g/mol. The highest BCUT2D eigenvalue weighted by Crippen LogP contribution is 2.41. The van der Waals surface area contributed by atoms with Crippen LogP contribution in [0.5, 0.6) is 11.5 Å². The number of aromatic nitrogens is 4. The maximum atomic E-state index is 13.2. The van der Waals surface area contributed by atoms with E-state index in [0.717, 1.165) is 53.5 Å². The molecule has 1 aliphatic carbocycles. The Kier molecular flexibility index (Phi) is 9.78. The van der Waals surface area contributed by atoms with Gasteiger partial charge in [0.25, 0.3) is 0 Å². The summed E-state index contributed by atoms with van der Waals surface area (Å²) in [5, 5.41) is 20.9. The molecule has 0 unspecified atom stereocenters. The Bertz CT molecular complexity index is 1980. The maximum absolute atomic E-state index is 13.2. The van der Waals surface area contributed by atoms with E-state index in [0.29, 0.717) is 34.5 Å². The molecule has 0 aliphatic heterocycles. The smallest absolute Gasteiger partial charge is 0.319 e. The van der Waals surface area contributed by atoms with Gasteiger partial charge in [0.05, 0.1) is 14.2 Å². The van der Waals surface area contributed by atoms with E-state index in [-0.39, 0.29) is 12.1 Å². The number of nitrogens with one attached hydrogen (secondary N) is 2. The van der Waals surface area contributed by atoms with E-state index in [4.69, 9.17) is 24.9 Å². The zero-order valence-corrected chi connectivity index (χ0v) is 29.1. The molecule has 2 N–H and O–H groups in total. The predicted octanol–water partition coefficient (Wildman–Crippen LogP) is 8.56. The lowest BCUT2D eigenvalue weighted by molar-refractivity contribution is 0.239. The highest BCUT2D eigenvalue weighted by Gasteiger charge is 2.41. The number of ether oxygens (including phenoxy) is 2. The van der Waals surface area contributed by atoms with Crippen LogP contribution in [-0.4, -0.2) is 46.5 Å². The first-order valence-electron chi connectivity index (χ1n) is 17.4. The number of carbonyl (C=O) groups is 1. The molecule has 0 bridgehead atoms. The molecule has 0 spiro atoms. The van der Waals surface area contributed by atoms with Crippen molar-refractivity contribution in [1.82, 2.24) is 25.5 Å². The van der Waals surface area contributed by atoms with Crippen molar-refractivity contribution in [1.29, 1.82) is 0 Å². The van der Waals surface area contributed by atoms with Gasteiger partial charge in [-0.15, -0.1) is 15.0 Å². The molecule has 1 fully saturated rings. The number of hydrogen-bond donors (Lipinski definition) is 2. The van der Waals surface area contributed by atoms with Gasteiger partial charge in [-0.3, -0.25) is 0 Å². The summed E-state index contributed by atoms with van der Waals surface area (Å²) in [6, 6.07) is 42.2. The molecule has 7 rings (SSSR count). The second-order valence-electron chi connectivity index (χ2n) is 13.1. The predicted molar refractivity (Wildman–Crippen MR) is 200 cm³/mol. The standard InChI is InChI=1S/C42H42N6O3/c1-29-19-22-34(23-20-29)43-41(49)44-35-24-25-36(30-21-26-38(50-2)39(27-30)51-3)37(28-35)40-45-47-48(46-40)42(31-13-7-4-8-14-31,32-15-9-5-10-16-32)33-17-11-6-12-18-33/h4-18,21,24-29,34H,19-20,22-23H2,1-3H3,(H2,43,44,49). The lowest BCUT2D eigenvalue weighted by Gasteiger charge is -2.34. The average Bonchev–Trinajstić information content (AvgIpc) is 3.67. The van der Waals surface area contributed by atoms with Crippen LogP contribution >= 0.6 is 0 Å². The van der Waals surface area contributed by atoms with Crippen molar-refractivity contribution < 1.29 is 14.3 Å². The fourth-order valence-electron chi connectivity index (χ4n) is 7.17. The molecule has 2 amide bonds. The first-order valence-corrected chi connectivity index (χ1v) is 17.4. The number of carbonyl (C=O) groups excluding carboxylic acids is 1. The third-order valence-corrected chi connectivity index (χ3v) is 9.85. The number of hydrogen-bond acceptors (Lipinski definition) is 6. The monoisotopic (exact) mass is 678 g/mol. The summed E-state index contributed by atoms with van der Waals surface area (Å²) in [4.78, 5) is 14.9. The molecular formula is C42H42N6O3. The zero-order valence-electron chi connectivity index (χ0n) is 29.1. The highest BCUT2D eigenvalue weighted by molar-refractivity contribution is 5.92.